The Kier molecular flexibility index (Phi) is 6.46. The van der Waals surface area contributed by atoms with Crippen molar-refractivity contribution >= 4 is 34.7 Å². The smallest absolute Gasteiger partial charge is 0.260 e. The van der Waals surface area contributed by atoms with Gasteiger partial charge >= 0.3 is 0 Å². The highest BCUT2D eigenvalue weighted by molar-refractivity contribution is 6.35. The van der Waals surface area contributed by atoms with Crippen LogP contribution in [0.2, 0.25) is 5.02 Å². The fourth-order valence-corrected chi connectivity index (χ4v) is 4.89. The van der Waals surface area contributed by atoms with Gasteiger partial charge in [-0.05, 0) is 55.0 Å². The number of aromatic nitrogens is 4. The molecule has 39 heavy (non-hydrogen) atoms. The molecule has 194 valence electrons. The summed E-state index contributed by atoms with van der Waals surface area (Å²) < 4.78 is 7.08. The van der Waals surface area contributed by atoms with E-state index in [-0.39, 0.29) is 5.91 Å². The van der Waals surface area contributed by atoms with Gasteiger partial charge in [0.2, 0.25) is 0 Å². The maximum absolute atomic E-state index is 13.8. The van der Waals surface area contributed by atoms with Gasteiger partial charge in [0.25, 0.3) is 5.91 Å². The van der Waals surface area contributed by atoms with Crippen LogP contribution in [0.4, 0.5) is 17.2 Å². The molecule has 0 unspecified atom stereocenters. The van der Waals surface area contributed by atoms with Crippen LogP contribution in [0.25, 0.3) is 11.4 Å². The molecule has 3 aromatic carbocycles. The van der Waals surface area contributed by atoms with Crippen LogP contribution in [-0.2, 0) is 13.1 Å². The topological polar surface area (TPSA) is 85.2 Å². The third kappa shape index (κ3) is 4.82. The number of aryl methyl sites for hydroxylation is 1. The predicted molar refractivity (Wildman–Crippen MR) is 152 cm³/mol. The molecule has 9 heteroatoms. The van der Waals surface area contributed by atoms with Gasteiger partial charge in [0.1, 0.15) is 17.4 Å². The van der Waals surface area contributed by atoms with E-state index in [1.807, 2.05) is 78.3 Å². The van der Waals surface area contributed by atoms with E-state index in [1.54, 1.807) is 30.3 Å². The molecule has 5 aromatic rings. The average molecular weight is 537 g/mol. The molecule has 6 rings (SSSR count). The molecule has 0 radical (unpaired) electrons. The fraction of sp³-hybridized carbons (Fsp3) is 0.133. The summed E-state index contributed by atoms with van der Waals surface area (Å²) in [7, 11) is 1.65. The van der Waals surface area contributed by atoms with E-state index in [9.17, 15) is 4.79 Å². The number of rotatable bonds is 5. The summed E-state index contributed by atoms with van der Waals surface area (Å²) >= 11 is 6.72. The molecule has 8 nitrogen and oxygen atoms in total. The molecule has 1 N–H and O–H groups in total. The number of methoxy groups -OCH3 is 1. The van der Waals surface area contributed by atoms with Crippen molar-refractivity contribution < 1.29 is 9.53 Å². The molecule has 0 atom stereocenters. The minimum Gasteiger partial charge on any atom is -0.497 e. The van der Waals surface area contributed by atoms with Crippen molar-refractivity contribution in [1.82, 2.24) is 19.7 Å². The van der Waals surface area contributed by atoms with Gasteiger partial charge in [0, 0.05) is 17.3 Å². The Labute approximate surface area is 230 Å². The fourth-order valence-electron chi connectivity index (χ4n) is 4.63. The number of anilines is 3. The maximum Gasteiger partial charge on any atom is 0.260 e. The molecule has 1 amide bonds. The van der Waals surface area contributed by atoms with Crippen molar-refractivity contribution in [3.05, 3.63) is 113 Å². The second-order valence-corrected chi connectivity index (χ2v) is 9.63. The normalized spacial score (nSPS) is 12.2. The number of benzene rings is 3. The van der Waals surface area contributed by atoms with Crippen molar-refractivity contribution in [1.29, 1.82) is 0 Å². The van der Waals surface area contributed by atoms with E-state index >= 15 is 0 Å². The minimum atomic E-state index is -0.202. The number of ether oxygens (including phenoxy) is 1. The largest absolute Gasteiger partial charge is 0.497 e. The third-order valence-electron chi connectivity index (χ3n) is 6.72. The number of hydrogen-bond donors (Lipinski definition) is 1. The first-order chi connectivity index (χ1) is 19.0. The van der Waals surface area contributed by atoms with Crippen LogP contribution < -0.4 is 15.0 Å². The van der Waals surface area contributed by atoms with Crippen LogP contribution in [0.3, 0.4) is 0 Å². The van der Waals surface area contributed by atoms with Gasteiger partial charge in [-0.3, -0.25) is 4.79 Å². The number of pyridine rings is 1. The number of nitrogens with zero attached hydrogens (tertiary/aromatic N) is 5. The number of hydrogen-bond acceptors (Lipinski definition) is 6. The highest BCUT2D eigenvalue weighted by atomic mass is 35.5. The number of carbonyl (C=O) groups is 1. The Morgan fingerprint density at radius 1 is 1.05 bits per heavy atom. The number of halogens is 1. The molecule has 2 aromatic heterocycles. The lowest BCUT2D eigenvalue weighted by atomic mass is 10.1. The maximum atomic E-state index is 13.8. The number of para-hydroxylation sites is 2. The highest BCUT2D eigenvalue weighted by Crippen LogP contribution is 2.36. The van der Waals surface area contributed by atoms with Crippen LogP contribution in [0.1, 0.15) is 27.3 Å². The Hall–Kier alpha value is -4.69. The zero-order chi connectivity index (χ0) is 26.9. The second kappa shape index (κ2) is 10.2. The van der Waals surface area contributed by atoms with Crippen molar-refractivity contribution in [3.8, 4) is 17.1 Å². The molecule has 0 fully saturated rings. The lowest BCUT2D eigenvalue weighted by Crippen LogP contribution is -2.30. The lowest BCUT2D eigenvalue weighted by Gasteiger charge is -2.23. The second-order valence-electron chi connectivity index (χ2n) is 9.23. The summed E-state index contributed by atoms with van der Waals surface area (Å²) in [5.74, 6) is 2.66. The molecule has 0 aliphatic carbocycles. The van der Waals surface area contributed by atoms with E-state index in [2.05, 4.69) is 15.3 Å². The molecule has 1 aliphatic heterocycles. The molecule has 0 bridgehead atoms. The third-order valence-corrected chi connectivity index (χ3v) is 7.03. The van der Waals surface area contributed by atoms with E-state index in [4.69, 9.17) is 21.4 Å². The molecular weight excluding hydrogens is 512 g/mol. The quantitative estimate of drug-likeness (QED) is 0.285. The SMILES string of the molecule is COc1ccc(Cn2nc(-c3ccc(C(=O)N4Cc5cccnc5Nc5ccccc54)c(Cl)c3)nc2C)cc1. The van der Waals surface area contributed by atoms with Crippen LogP contribution in [0, 0.1) is 6.92 Å². The molecule has 1 aliphatic rings. The van der Waals surface area contributed by atoms with Crippen molar-refractivity contribution in [2.24, 2.45) is 0 Å². The van der Waals surface area contributed by atoms with Crippen molar-refractivity contribution in [3.63, 3.8) is 0 Å². The zero-order valence-electron chi connectivity index (χ0n) is 21.4. The molecule has 0 saturated heterocycles. The number of amides is 1. The Balaban J connectivity index is 1.28. The molecule has 0 spiro atoms. The summed E-state index contributed by atoms with van der Waals surface area (Å²) in [5.41, 5.74) is 4.70. The molecule has 3 heterocycles. The first-order valence-corrected chi connectivity index (χ1v) is 12.8. The summed E-state index contributed by atoms with van der Waals surface area (Å²) in [4.78, 5) is 24.7. The van der Waals surface area contributed by atoms with E-state index in [1.165, 1.54) is 0 Å². The number of carbonyl (C=O) groups excluding carboxylic acids is 1. The summed E-state index contributed by atoms with van der Waals surface area (Å²) in [6.07, 6.45) is 1.73. The first kappa shape index (κ1) is 24.6. The van der Waals surface area contributed by atoms with Crippen molar-refractivity contribution in [2.45, 2.75) is 20.0 Å². The van der Waals surface area contributed by atoms with Crippen LogP contribution in [0.15, 0.2) is 85.1 Å². The van der Waals surface area contributed by atoms with Gasteiger partial charge in [-0.25, -0.2) is 14.6 Å². The monoisotopic (exact) mass is 536 g/mol. The van der Waals surface area contributed by atoms with Crippen molar-refractivity contribution in [2.75, 3.05) is 17.3 Å². The summed E-state index contributed by atoms with van der Waals surface area (Å²) in [5, 5.41) is 8.38. The van der Waals surface area contributed by atoms with Gasteiger partial charge in [-0.2, -0.15) is 5.10 Å². The standard InChI is InChI=1S/C30H25ClN6O2/c1-19-33-29(35-37(19)17-20-9-12-23(39-2)13-10-20)21-11-14-24(25(31)16-21)30(38)36-18-22-6-5-15-32-28(22)34-26-7-3-4-8-27(26)36/h3-16H,17-18H2,1-2H3,(H,32,34). The van der Waals surface area contributed by atoms with Crippen LogP contribution in [0.5, 0.6) is 5.75 Å². The van der Waals surface area contributed by atoms with Gasteiger partial charge in [-0.1, -0.05) is 48.0 Å². The summed E-state index contributed by atoms with van der Waals surface area (Å²) in [6, 6.07) is 24.7. The average Bonchev–Trinajstić information content (AvgIpc) is 3.23. The van der Waals surface area contributed by atoms with E-state index in [0.717, 1.165) is 45.5 Å². The lowest BCUT2D eigenvalue weighted by molar-refractivity contribution is 0.0985. The van der Waals surface area contributed by atoms with Gasteiger partial charge in [0.05, 0.1) is 42.2 Å². The predicted octanol–water partition coefficient (Wildman–Crippen LogP) is 6.26. The van der Waals surface area contributed by atoms with E-state index in [0.29, 0.717) is 29.5 Å². The first-order valence-electron chi connectivity index (χ1n) is 12.5. The van der Waals surface area contributed by atoms with E-state index < -0.39 is 0 Å². The number of nitrogens with one attached hydrogen (secondary N) is 1. The Bertz CT molecular complexity index is 1680. The molecular formula is C30H25ClN6O2. The Morgan fingerprint density at radius 3 is 2.67 bits per heavy atom. The van der Waals surface area contributed by atoms with Crippen LogP contribution >= 0.6 is 11.6 Å². The molecule has 0 saturated carbocycles. The van der Waals surface area contributed by atoms with Crippen LogP contribution in [-0.4, -0.2) is 32.8 Å². The summed E-state index contributed by atoms with van der Waals surface area (Å²) in [6.45, 7) is 2.85. The van der Waals surface area contributed by atoms with Gasteiger partial charge in [-0.15, -0.1) is 0 Å². The van der Waals surface area contributed by atoms with Gasteiger partial charge < -0.3 is 15.0 Å². The zero-order valence-corrected chi connectivity index (χ0v) is 22.2. The van der Waals surface area contributed by atoms with Gasteiger partial charge in [0.15, 0.2) is 5.82 Å². The number of fused-ring (bicyclic) bond motifs is 2. The minimum absolute atomic E-state index is 0.202. The highest BCUT2D eigenvalue weighted by Gasteiger charge is 2.27. The Morgan fingerprint density at radius 2 is 1.87 bits per heavy atom.